The van der Waals surface area contributed by atoms with Gasteiger partial charge < -0.3 is 4.57 Å². The number of rotatable bonds is 5. The number of nitriles is 1. The molecule has 0 aliphatic heterocycles. The van der Waals surface area contributed by atoms with Crippen LogP contribution in [0.5, 0.6) is 0 Å². The molecule has 1 saturated carbocycles. The predicted octanol–water partition coefficient (Wildman–Crippen LogP) is 4.93. The summed E-state index contributed by atoms with van der Waals surface area (Å²) in [5.74, 6) is 0.888. The number of fused-ring (bicyclic) bond motifs is 1. The molecule has 0 spiro atoms. The number of benzene rings is 1. The molecule has 0 N–H and O–H groups in total. The number of aromatic nitrogens is 3. The molecule has 5 nitrogen and oxygen atoms in total. The van der Waals surface area contributed by atoms with Crippen molar-refractivity contribution < 1.29 is 17.4 Å². The molecule has 1 aromatic carbocycles. The monoisotopic (exact) mass is 450 g/mol. The first kappa shape index (κ1) is 20.9. The molecule has 1 atom stereocenters. The van der Waals surface area contributed by atoms with E-state index in [0.717, 1.165) is 18.4 Å². The van der Waals surface area contributed by atoms with Crippen LogP contribution in [0.1, 0.15) is 25.3 Å². The summed E-state index contributed by atoms with van der Waals surface area (Å²) in [4.78, 5) is 8.98. The van der Waals surface area contributed by atoms with Gasteiger partial charge in [0, 0.05) is 30.1 Å². The zero-order valence-electron chi connectivity index (χ0n) is 16.2. The molecule has 3 aromatic rings. The highest BCUT2D eigenvalue weighted by Gasteiger charge is 2.45. The third-order valence-corrected chi connectivity index (χ3v) is 7.23. The van der Waals surface area contributed by atoms with Crippen LogP contribution in [0.2, 0.25) is 0 Å². The maximum Gasteiger partial charge on any atom is 0.447 e. The van der Waals surface area contributed by atoms with E-state index in [9.17, 15) is 22.6 Å². The number of thioether (sulfide) groups is 1. The van der Waals surface area contributed by atoms with Crippen molar-refractivity contribution in [3.63, 3.8) is 0 Å². The van der Waals surface area contributed by atoms with E-state index < -0.39 is 21.7 Å². The van der Waals surface area contributed by atoms with Crippen molar-refractivity contribution in [2.75, 3.05) is 5.75 Å². The molecule has 1 aliphatic rings. The average Bonchev–Trinajstić information content (AvgIpc) is 3.44. The van der Waals surface area contributed by atoms with Gasteiger partial charge >= 0.3 is 5.51 Å². The maximum absolute atomic E-state index is 12.8. The van der Waals surface area contributed by atoms with Gasteiger partial charge in [-0.1, -0.05) is 13.0 Å². The van der Waals surface area contributed by atoms with Gasteiger partial charge in [0.05, 0.1) is 44.4 Å². The van der Waals surface area contributed by atoms with Crippen LogP contribution in [-0.2, 0) is 23.3 Å². The third kappa shape index (κ3) is 3.72. The summed E-state index contributed by atoms with van der Waals surface area (Å²) >= 11 is -0.287. The molecular formula is C20H17F3N4OS2. The van der Waals surface area contributed by atoms with Crippen LogP contribution in [-0.4, -0.2) is 30.0 Å². The molecule has 0 saturated heterocycles. The Labute approximate surface area is 177 Å². The smallest absolute Gasteiger partial charge is 0.326 e. The van der Waals surface area contributed by atoms with E-state index in [2.05, 4.69) is 16.0 Å². The quantitative estimate of drug-likeness (QED) is 0.516. The number of hydrogen-bond donors (Lipinski definition) is 0. The maximum atomic E-state index is 12.8. The second kappa shape index (κ2) is 7.39. The van der Waals surface area contributed by atoms with Crippen LogP contribution in [0.4, 0.5) is 13.2 Å². The van der Waals surface area contributed by atoms with E-state index in [1.807, 2.05) is 19.1 Å². The van der Waals surface area contributed by atoms with Crippen LogP contribution < -0.4 is 0 Å². The summed E-state index contributed by atoms with van der Waals surface area (Å²) in [6, 6.07) is 9.12. The van der Waals surface area contributed by atoms with E-state index in [4.69, 9.17) is 0 Å². The van der Waals surface area contributed by atoms with Crippen molar-refractivity contribution in [1.29, 1.82) is 5.26 Å². The molecular weight excluding hydrogens is 433 g/mol. The molecule has 10 heteroatoms. The van der Waals surface area contributed by atoms with Crippen molar-refractivity contribution in [3.8, 4) is 17.5 Å². The number of hydrogen-bond acceptors (Lipinski definition) is 5. The van der Waals surface area contributed by atoms with E-state index in [1.54, 1.807) is 17.7 Å². The van der Waals surface area contributed by atoms with Gasteiger partial charge in [0.2, 0.25) is 0 Å². The zero-order chi connectivity index (χ0) is 21.7. The minimum atomic E-state index is -4.43. The minimum Gasteiger partial charge on any atom is -0.326 e. The third-order valence-electron chi connectivity index (χ3n) is 5.21. The van der Waals surface area contributed by atoms with Crippen molar-refractivity contribution in [3.05, 3.63) is 36.0 Å². The molecule has 30 heavy (non-hydrogen) atoms. The van der Waals surface area contributed by atoms with Crippen molar-refractivity contribution in [2.24, 2.45) is 7.05 Å². The molecule has 0 bridgehead atoms. The Morgan fingerprint density at radius 3 is 2.67 bits per heavy atom. The molecule has 2 heterocycles. The topological polar surface area (TPSA) is 71.6 Å². The van der Waals surface area contributed by atoms with Gasteiger partial charge in [0.15, 0.2) is 0 Å². The van der Waals surface area contributed by atoms with Crippen molar-refractivity contribution >= 4 is 33.6 Å². The highest BCUT2D eigenvalue weighted by molar-refractivity contribution is 8.00. The van der Waals surface area contributed by atoms with Crippen LogP contribution in [0, 0.1) is 11.3 Å². The van der Waals surface area contributed by atoms with E-state index >= 15 is 0 Å². The molecule has 0 radical (unpaired) electrons. The molecule has 2 aromatic heterocycles. The fourth-order valence-corrected chi connectivity index (χ4v) is 4.91. The van der Waals surface area contributed by atoms with Gasteiger partial charge in [-0.15, -0.1) is 0 Å². The van der Waals surface area contributed by atoms with Crippen molar-refractivity contribution in [2.45, 2.75) is 40.6 Å². The highest BCUT2D eigenvalue weighted by atomic mass is 32.2. The number of pyridine rings is 1. The summed E-state index contributed by atoms with van der Waals surface area (Å²) in [7, 11) is 0.443. The lowest BCUT2D eigenvalue weighted by molar-refractivity contribution is -0.0329. The van der Waals surface area contributed by atoms with Crippen LogP contribution in [0.15, 0.2) is 40.4 Å². The van der Waals surface area contributed by atoms with Gasteiger partial charge in [-0.25, -0.2) is 9.97 Å². The Morgan fingerprint density at radius 1 is 1.33 bits per heavy atom. The fourth-order valence-electron chi connectivity index (χ4n) is 3.42. The Balaban J connectivity index is 1.84. The molecule has 1 aliphatic carbocycles. The molecule has 156 valence electrons. The average molecular weight is 451 g/mol. The molecule has 0 amide bonds. The summed E-state index contributed by atoms with van der Waals surface area (Å²) < 4.78 is 52.6. The normalized spacial score (nSPS) is 16.4. The Hall–Kier alpha value is -2.38. The first-order valence-corrected chi connectivity index (χ1v) is 11.3. The zero-order valence-corrected chi connectivity index (χ0v) is 17.8. The van der Waals surface area contributed by atoms with Crippen LogP contribution >= 0.6 is 11.8 Å². The summed E-state index contributed by atoms with van der Waals surface area (Å²) in [6.07, 6.45) is 2.91. The fraction of sp³-hybridized carbons (Fsp3) is 0.350. The van der Waals surface area contributed by atoms with Gasteiger partial charge in [0.25, 0.3) is 0 Å². The first-order chi connectivity index (χ1) is 14.2. The highest BCUT2D eigenvalue weighted by Crippen LogP contribution is 2.48. The van der Waals surface area contributed by atoms with Crippen molar-refractivity contribution in [1.82, 2.24) is 14.5 Å². The predicted molar refractivity (Wildman–Crippen MR) is 109 cm³/mol. The van der Waals surface area contributed by atoms with Crippen LogP contribution in [0.25, 0.3) is 22.4 Å². The number of aryl methyl sites for hydroxylation is 1. The molecule has 1 unspecified atom stereocenters. The molecule has 4 rings (SSSR count). The number of imidazole rings is 1. The summed E-state index contributed by atoms with van der Waals surface area (Å²) in [5.41, 5.74) is -2.51. The number of halogens is 3. The van der Waals surface area contributed by atoms with Gasteiger partial charge in [-0.3, -0.25) is 4.21 Å². The lowest BCUT2D eigenvalue weighted by Gasteiger charge is -2.13. The summed E-state index contributed by atoms with van der Waals surface area (Å²) in [6.45, 7) is 1.81. The Bertz CT molecular complexity index is 1210. The second-order valence-corrected chi connectivity index (χ2v) is 9.89. The van der Waals surface area contributed by atoms with Gasteiger partial charge in [0.1, 0.15) is 10.9 Å². The summed E-state index contributed by atoms with van der Waals surface area (Å²) in [5, 5.41) is 9.31. The largest absolute Gasteiger partial charge is 0.447 e. The standard InChI is InChI=1S/C20H17F3N4OS2/c1-3-30(28)16-8-12(19(11-24)6-7-19)4-5-13(16)18-26-14-9-17(29-20(21,22)23)25-10-15(14)27(18)2/h4-5,8-10H,3,6-7H2,1-2H3. The van der Waals surface area contributed by atoms with E-state index in [0.29, 0.717) is 33.1 Å². The lowest BCUT2D eigenvalue weighted by atomic mass is 9.96. The SMILES string of the molecule is CCS(=O)c1cc(C2(C#N)CC2)ccc1-c1nc2cc(SC(F)(F)F)ncc2n1C. The Morgan fingerprint density at radius 2 is 2.07 bits per heavy atom. The molecule has 1 fully saturated rings. The number of alkyl halides is 3. The first-order valence-electron chi connectivity index (χ1n) is 9.20. The van der Waals surface area contributed by atoms with E-state index in [-0.39, 0.29) is 16.8 Å². The van der Waals surface area contributed by atoms with E-state index in [1.165, 1.54) is 12.3 Å². The Kier molecular flexibility index (Phi) is 5.14. The minimum absolute atomic E-state index is 0.183. The lowest BCUT2D eigenvalue weighted by Crippen LogP contribution is -2.07. The van der Waals surface area contributed by atoms with Crippen LogP contribution in [0.3, 0.4) is 0 Å². The number of nitrogens with zero attached hydrogens (tertiary/aromatic N) is 4. The second-order valence-electron chi connectivity index (χ2n) is 7.09. The van der Waals surface area contributed by atoms with Gasteiger partial charge in [-0.05, 0) is 36.6 Å². The van der Waals surface area contributed by atoms with Gasteiger partial charge in [-0.2, -0.15) is 18.4 Å².